The second-order valence-corrected chi connectivity index (χ2v) is 6.79. The Morgan fingerprint density at radius 2 is 1.91 bits per heavy atom. The minimum atomic E-state index is 0.545. The summed E-state index contributed by atoms with van der Waals surface area (Å²) in [6.07, 6.45) is 9.75. The lowest BCUT2D eigenvalue weighted by Crippen LogP contribution is -2.20. The number of nitrogens with one attached hydrogen (secondary N) is 1. The average Bonchev–Trinajstić information content (AvgIpc) is 2.73. The van der Waals surface area contributed by atoms with Crippen molar-refractivity contribution in [2.45, 2.75) is 78.2 Å². The minimum absolute atomic E-state index is 0.545. The minimum Gasteiger partial charge on any atom is -0.478 e. The molecule has 22 heavy (non-hydrogen) atoms. The molecular formula is C18H31N3O. The number of nitrogens with zero attached hydrogens (tertiary/aromatic N) is 2. The van der Waals surface area contributed by atoms with Crippen LogP contribution in [0.2, 0.25) is 0 Å². The molecule has 0 bridgehead atoms. The van der Waals surface area contributed by atoms with Crippen molar-refractivity contribution < 1.29 is 4.74 Å². The van der Waals surface area contributed by atoms with Crippen LogP contribution in [0.25, 0.3) is 0 Å². The first-order valence-electron chi connectivity index (χ1n) is 8.94. The van der Waals surface area contributed by atoms with Crippen molar-refractivity contribution in [3.8, 4) is 5.88 Å². The molecule has 1 aliphatic rings. The third kappa shape index (κ3) is 5.82. The quantitative estimate of drug-likeness (QED) is 0.748. The SMILES string of the molecule is CCCOc1cc(NC2CCCCCC2)nc(CC(C)C)n1. The van der Waals surface area contributed by atoms with Crippen molar-refractivity contribution >= 4 is 5.82 Å². The zero-order valence-corrected chi connectivity index (χ0v) is 14.4. The summed E-state index contributed by atoms with van der Waals surface area (Å²) in [4.78, 5) is 9.25. The number of aromatic nitrogens is 2. The first kappa shape index (κ1) is 17.0. The molecule has 0 amide bonds. The van der Waals surface area contributed by atoms with Crippen LogP contribution < -0.4 is 10.1 Å². The van der Waals surface area contributed by atoms with Crippen LogP contribution in [0.3, 0.4) is 0 Å². The van der Waals surface area contributed by atoms with E-state index in [4.69, 9.17) is 9.72 Å². The van der Waals surface area contributed by atoms with Gasteiger partial charge in [-0.15, -0.1) is 0 Å². The van der Waals surface area contributed by atoms with Gasteiger partial charge in [0.05, 0.1) is 6.61 Å². The van der Waals surface area contributed by atoms with Gasteiger partial charge in [-0.1, -0.05) is 46.5 Å². The molecule has 124 valence electrons. The van der Waals surface area contributed by atoms with Crippen LogP contribution in [0.15, 0.2) is 6.07 Å². The molecule has 1 saturated carbocycles. The Labute approximate surface area is 135 Å². The highest BCUT2D eigenvalue weighted by molar-refractivity contribution is 5.39. The Morgan fingerprint density at radius 3 is 2.55 bits per heavy atom. The summed E-state index contributed by atoms with van der Waals surface area (Å²) in [6, 6.07) is 2.51. The number of ether oxygens (including phenoxy) is 1. The lowest BCUT2D eigenvalue weighted by atomic mass is 10.1. The molecule has 1 aliphatic carbocycles. The van der Waals surface area contributed by atoms with Gasteiger partial charge in [-0.2, -0.15) is 4.98 Å². The Morgan fingerprint density at radius 1 is 1.18 bits per heavy atom. The molecule has 2 rings (SSSR count). The standard InChI is InChI=1S/C18H31N3O/c1-4-11-22-18-13-17(20-16(21-18)12-14(2)3)19-15-9-7-5-6-8-10-15/h13-15H,4-12H2,1-3H3,(H,19,20,21). The second-order valence-electron chi connectivity index (χ2n) is 6.79. The molecule has 1 heterocycles. The molecule has 1 aromatic heterocycles. The molecule has 0 atom stereocenters. The molecule has 1 aromatic rings. The number of rotatable bonds is 7. The van der Waals surface area contributed by atoms with E-state index in [2.05, 4.69) is 31.1 Å². The molecule has 0 unspecified atom stereocenters. The van der Waals surface area contributed by atoms with E-state index in [9.17, 15) is 0 Å². The molecule has 1 N–H and O–H groups in total. The first-order valence-corrected chi connectivity index (χ1v) is 8.94. The Hall–Kier alpha value is -1.32. The van der Waals surface area contributed by atoms with Crippen molar-refractivity contribution in [3.05, 3.63) is 11.9 Å². The molecule has 0 spiro atoms. The van der Waals surface area contributed by atoms with Gasteiger partial charge in [-0.3, -0.25) is 0 Å². The summed E-state index contributed by atoms with van der Waals surface area (Å²) in [5.41, 5.74) is 0. The average molecular weight is 305 g/mol. The summed E-state index contributed by atoms with van der Waals surface area (Å²) >= 11 is 0. The van der Waals surface area contributed by atoms with E-state index < -0.39 is 0 Å². The highest BCUT2D eigenvalue weighted by Crippen LogP contribution is 2.22. The lowest BCUT2D eigenvalue weighted by molar-refractivity contribution is 0.303. The molecular weight excluding hydrogens is 274 g/mol. The van der Waals surface area contributed by atoms with Gasteiger partial charge in [-0.05, 0) is 25.2 Å². The zero-order chi connectivity index (χ0) is 15.8. The molecule has 1 fully saturated rings. The maximum atomic E-state index is 5.74. The molecule has 0 aliphatic heterocycles. The monoisotopic (exact) mass is 305 g/mol. The van der Waals surface area contributed by atoms with Crippen LogP contribution >= 0.6 is 0 Å². The highest BCUT2D eigenvalue weighted by Gasteiger charge is 2.14. The normalized spacial score (nSPS) is 16.5. The van der Waals surface area contributed by atoms with Crippen LogP contribution in [0, 0.1) is 5.92 Å². The van der Waals surface area contributed by atoms with Gasteiger partial charge in [0, 0.05) is 18.5 Å². The number of hydrogen-bond acceptors (Lipinski definition) is 4. The maximum absolute atomic E-state index is 5.74. The van der Waals surface area contributed by atoms with E-state index in [-0.39, 0.29) is 0 Å². The number of anilines is 1. The zero-order valence-electron chi connectivity index (χ0n) is 14.4. The van der Waals surface area contributed by atoms with Crippen LogP contribution in [-0.4, -0.2) is 22.6 Å². The molecule has 0 aromatic carbocycles. The van der Waals surface area contributed by atoms with Gasteiger partial charge < -0.3 is 10.1 Å². The summed E-state index contributed by atoms with van der Waals surface area (Å²) in [5.74, 6) is 3.08. The molecule has 4 heteroatoms. The van der Waals surface area contributed by atoms with Crippen LogP contribution in [0.5, 0.6) is 5.88 Å². The summed E-state index contributed by atoms with van der Waals surface area (Å²) in [5, 5.41) is 3.62. The first-order chi connectivity index (χ1) is 10.7. The van der Waals surface area contributed by atoms with Gasteiger partial charge in [0.1, 0.15) is 11.6 Å². The predicted octanol–water partition coefficient (Wildman–Crippen LogP) is 4.60. The third-order valence-corrected chi connectivity index (χ3v) is 4.00. The Kier molecular flexibility index (Phi) is 6.94. The van der Waals surface area contributed by atoms with E-state index in [1.165, 1.54) is 38.5 Å². The summed E-state index contributed by atoms with van der Waals surface area (Å²) in [6.45, 7) is 7.21. The van der Waals surface area contributed by atoms with E-state index in [0.29, 0.717) is 24.4 Å². The molecule has 4 nitrogen and oxygen atoms in total. The largest absolute Gasteiger partial charge is 0.478 e. The van der Waals surface area contributed by atoms with Crippen LogP contribution in [-0.2, 0) is 6.42 Å². The van der Waals surface area contributed by atoms with Gasteiger partial charge in [0.25, 0.3) is 0 Å². The molecule has 0 radical (unpaired) electrons. The van der Waals surface area contributed by atoms with Crippen molar-refractivity contribution in [1.82, 2.24) is 9.97 Å². The van der Waals surface area contributed by atoms with E-state index >= 15 is 0 Å². The number of hydrogen-bond donors (Lipinski definition) is 1. The summed E-state index contributed by atoms with van der Waals surface area (Å²) in [7, 11) is 0. The Bertz CT molecular complexity index is 440. The fourth-order valence-electron chi connectivity index (χ4n) is 2.92. The lowest BCUT2D eigenvalue weighted by Gasteiger charge is -2.18. The van der Waals surface area contributed by atoms with Gasteiger partial charge in [0.15, 0.2) is 0 Å². The van der Waals surface area contributed by atoms with Gasteiger partial charge >= 0.3 is 0 Å². The van der Waals surface area contributed by atoms with E-state index in [0.717, 1.165) is 24.5 Å². The van der Waals surface area contributed by atoms with Crippen molar-refractivity contribution in [2.24, 2.45) is 5.92 Å². The van der Waals surface area contributed by atoms with Crippen molar-refractivity contribution in [3.63, 3.8) is 0 Å². The topological polar surface area (TPSA) is 47.0 Å². The van der Waals surface area contributed by atoms with Crippen LogP contribution in [0.4, 0.5) is 5.82 Å². The van der Waals surface area contributed by atoms with Gasteiger partial charge in [-0.25, -0.2) is 4.98 Å². The van der Waals surface area contributed by atoms with Crippen molar-refractivity contribution in [1.29, 1.82) is 0 Å². The third-order valence-electron chi connectivity index (χ3n) is 4.00. The van der Waals surface area contributed by atoms with Gasteiger partial charge in [0.2, 0.25) is 5.88 Å². The van der Waals surface area contributed by atoms with E-state index in [1.807, 2.05) is 6.07 Å². The highest BCUT2D eigenvalue weighted by atomic mass is 16.5. The fraction of sp³-hybridized carbons (Fsp3) is 0.778. The maximum Gasteiger partial charge on any atom is 0.218 e. The molecule has 0 saturated heterocycles. The summed E-state index contributed by atoms with van der Waals surface area (Å²) < 4.78 is 5.74. The van der Waals surface area contributed by atoms with Crippen molar-refractivity contribution in [2.75, 3.05) is 11.9 Å². The Balaban J connectivity index is 2.09. The fourth-order valence-corrected chi connectivity index (χ4v) is 2.92. The van der Waals surface area contributed by atoms with E-state index in [1.54, 1.807) is 0 Å². The smallest absolute Gasteiger partial charge is 0.218 e. The van der Waals surface area contributed by atoms with Crippen LogP contribution in [0.1, 0.15) is 71.5 Å². The second kappa shape index (κ2) is 8.96. The predicted molar refractivity (Wildman–Crippen MR) is 91.5 cm³/mol.